The average molecular weight is 346 g/mol. The number of alkyl halides is 3. The van der Waals surface area contributed by atoms with Gasteiger partial charge in [-0.2, -0.15) is 17.9 Å². The SMILES string of the molecule is NS(=O)(=O)C(NS(=O)O)(C(=O)c1ccccc1)C(F)(F)F. The van der Waals surface area contributed by atoms with Crippen molar-refractivity contribution in [3.8, 4) is 0 Å². The number of benzene rings is 1. The zero-order valence-corrected chi connectivity index (χ0v) is 11.6. The Morgan fingerprint density at radius 1 is 1.24 bits per heavy atom. The molecule has 118 valence electrons. The molecule has 0 saturated heterocycles. The molecule has 7 nitrogen and oxygen atoms in total. The average Bonchev–Trinajstić information content (AvgIpc) is 2.33. The van der Waals surface area contributed by atoms with Crippen LogP contribution < -0.4 is 9.86 Å². The normalized spacial score (nSPS) is 17.0. The first-order valence-corrected chi connectivity index (χ1v) is 7.66. The van der Waals surface area contributed by atoms with Gasteiger partial charge in [0.25, 0.3) is 0 Å². The van der Waals surface area contributed by atoms with Crippen LogP contribution in [0.5, 0.6) is 0 Å². The summed E-state index contributed by atoms with van der Waals surface area (Å²) in [5.41, 5.74) is -0.651. The fourth-order valence-electron chi connectivity index (χ4n) is 1.50. The van der Waals surface area contributed by atoms with Gasteiger partial charge in [0.2, 0.25) is 27.1 Å². The number of sulfonamides is 1. The molecule has 0 fully saturated rings. The van der Waals surface area contributed by atoms with E-state index in [2.05, 4.69) is 5.14 Å². The van der Waals surface area contributed by atoms with Gasteiger partial charge in [0.1, 0.15) is 0 Å². The van der Waals surface area contributed by atoms with Crippen LogP contribution in [0.25, 0.3) is 0 Å². The van der Waals surface area contributed by atoms with Crippen molar-refractivity contribution in [2.75, 3.05) is 0 Å². The molecular formula is C9H9F3N2O5S2. The molecule has 0 aromatic heterocycles. The number of rotatable bonds is 5. The minimum Gasteiger partial charge on any atom is -0.294 e. The van der Waals surface area contributed by atoms with E-state index in [1.54, 1.807) is 0 Å². The number of Topliss-reactive ketones (excluding diaryl/α,β-unsaturated/α-hetero) is 1. The van der Waals surface area contributed by atoms with Crippen LogP contribution in [0.1, 0.15) is 10.4 Å². The zero-order valence-electron chi connectivity index (χ0n) is 9.99. The lowest BCUT2D eigenvalue weighted by Crippen LogP contribution is -2.69. The van der Waals surface area contributed by atoms with E-state index in [0.717, 1.165) is 16.9 Å². The third-order valence-corrected chi connectivity index (χ3v) is 4.40. The van der Waals surface area contributed by atoms with E-state index in [1.807, 2.05) is 0 Å². The van der Waals surface area contributed by atoms with E-state index in [9.17, 15) is 30.6 Å². The number of carbonyl (C=O) groups is 1. The van der Waals surface area contributed by atoms with Gasteiger partial charge in [-0.25, -0.2) is 17.8 Å². The van der Waals surface area contributed by atoms with E-state index in [0.29, 0.717) is 0 Å². The first-order chi connectivity index (χ1) is 9.43. The van der Waals surface area contributed by atoms with E-state index in [1.165, 1.54) is 18.2 Å². The molecule has 21 heavy (non-hydrogen) atoms. The van der Waals surface area contributed by atoms with Gasteiger partial charge < -0.3 is 0 Å². The number of carbonyl (C=O) groups excluding carboxylic acids is 1. The van der Waals surface area contributed by atoms with Gasteiger partial charge in [-0.1, -0.05) is 30.3 Å². The van der Waals surface area contributed by atoms with Gasteiger partial charge in [-0.3, -0.25) is 9.35 Å². The van der Waals surface area contributed by atoms with Gasteiger partial charge in [-0.05, 0) is 0 Å². The molecule has 1 aromatic carbocycles. The van der Waals surface area contributed by atoms with Crippen molar-refractivity contribution in [1.82, 2.24) is 4.72 Å². The largest absolute Gasteiger partial charge is 0.431 e. The topological polar surface area (TPSA) is 127 Å². The van der Waals surface area contributed by atoms with Gasteiger partial charge in [0.05, 0.1) is 0 Å². The highest BCUT2D eigenvalue weighted by Gasteiger charge is 2.69. The molecule has 0 amide bonds. The van der Waals surface area contributed by atoms with Crippen LogP contribution in [0.2, 0.25) is 0 Å². The highest BCUT2D eigenvalue weighted by Crippen LogP contribution is 2.36. The number of hydrogen-bond acceptors (Lipinski definition) is 4. The minimum atomic E-state index is -5.77. The lowest BCUT2D eigenvalue weighted by atomic mass is 10.0. The summed E-state index contributed by atoms with van der Waals surface area (Å²) in [5.74, 6) is -2.01. The number of nitrogens with one attached hydrogen (secondary N) is 1. The van der Waals surface area contributed by atoms with E-state index >= 15 is 0 Å². The minimum absolute atomic E-state index is 0.651. The zero-order chi connectivity index (χ0) is 16.5. The summed E-state index contributed by atoms with van der Waals surface area (Å²) >= 11 is -3.47. The Bertz CT molecular complexity index is 662. The maximum atomic E-state index is 13.2. The maximum absolute atomic E-state index is 13.2. The van der Waals surface area contributed by atoms with Crippen molar-refractivity contribution in [1.29, 1.82) is 0 Å². The van der Waals surface area contributed by atoms with Crippen molar-refractivity contribution in [2.45, 2.75) is 11.0 Å². The Labute approximate surface area is 119 Å². The molecule has 0 saturated carbocycles. The van der Waals surface area contributed by atoms with Crippen LogP contribution in [0.4, 0.5) is 13.2 Å². The molecule has 1 aromatic rings. The van der Waals surface area contributed by atoms with Crippen molar-refractivity contribution in [2.24, 2.45) is 5.14 Å². The van der Waals surface area contributed by atoms with Gasteiger partial charge in [0, 0.05) is 5.56 Å². The van der Waals surface area contributed by atoms with Crippen LogP contribution in [0.15, 0.2) is 30.3 Å². The summed E-state index contributed by atoms with van der Waals surface area (Å²) in [6.45, 7) is 0. The Hall–Kier alpha value is -1.34. The smallest absolute Gasteiger partial charge is 0.294 e. The second kappa shape index (κ2) is 5.81. The van der Waals surface area contributed by atoms with Crippen LogP contribution in [-0.4, -0.2) is 34.0 Å². The summed E-state index contributed by atoms with van der Waals surface area (Å²) < 4.78 is 82.4. The van der Waals surface area contributed by atoms with Crippen molar-refractivity contribution >= 4 is 27.1 Å². The Morgan fingerprint density at radius 3 is 2.05 bits per heavy atom. The highest BCUT2D eigenvalue weighted by atomic mass is 32.2. The number of primary sulfonamides is 1. The quantitative estimate of drug-likeness (QED) is 0.516. The van der Waals surface area contributed by atoms with Gasteiger partial charge >= 0.3 is 11.0 Å². The molecular weight excluding hydrogens is 337 g/mol. The molecule has 0 spiro atoms. The predicted molar refractivity (Wildman–Crippen MR) is 66.6 cm³/mol. The van der Waals surface area contributed by atoms with E-state index < -0.39 is 43.7 Å². The van der Waals surface area contributed by atoms with Gasteiger partial charge in [0.15, 0.2) is 0 Å². The number of nitrogens with two attached hydrogens (primary N) is 1. The lowest BCUT2D eigenvalue weighted by Gasteiger charge is -2.31. The monoisotopic (exact) mass is 346 g/mol. The van der Waals surface area contributed by atoms with E-state index in [-0.39, 0.29) is 0 Å². The second-order valence-electron chi connectivity index (χ2n) is 3.77. The maximum Gasteiger partial charge on any atom is 0.431 e. The predicted octanol–water partition coefficient (Wildman–Crippen LogP) is 0.143. The number of hydrogen-bond donors (Lipinski definition) is 3. The molecule has 4 N–H and O–H groups in total. The van der Waals surface area contributed by atoms with Crippen molar-refractivity contribution in [3.05, 3.63) is 35.9 Å². The highest BCUT2D eigenvalue weighted by molar-refractivity contribution is 7.92. The molecule has 1 rings (SSSR count). The second-order valence-corrected chi connectivity index (χ2v) is 6.18. The van der Waals surface area contributed by atoms with Crippen LogP contribution in [0.3, 0.4) is 0 Å². The number of halogens is 3. The third kappa shape index (κ3) is 3.29. The Morgan fingerprint density at radius 2 is 1.71 bits per heavy atom. The molecule has 0 radical (unpaired) electrons. The fourth-order valence-corrected chi connectivity index (χ4v) is 3.33. The molecule has 0 aliphatic heterocycles. The summed E-state index contributed by atoms with van der Waals surface area (Å²) in [6, 6.07) is 5.58. The molecule has 0 aliphatic carbocycles. The summed E-state index contributed by atoms with van der Waals surface area (Å²) in [6.07, 6.45) is -5.77. The molecule has 0 aliphatic rings. The van der Waals surface area contributed by atoms with E-state index in [4.69, 9.17) is 4.55 Å². The Kier molecular flexibility index (Phi) is 4.90. The molecule has 0 bridgehead atoms. The molecule has 2 unspecified atom stereocenters. The standard InChI is InChI=1S/C9H9F3N2O5S2/c10-9(11,12)8(14-20(16)17,21(13,18)19)7(15)6-4-2-1-3-5-6/h1-5,14H,(H,16,17)(H2,13,18,19). The fraction of sp³-hybridized carbons (Fsp3) is 0.222. The third-order valence-electron chi connectivity index (χ3n) is 2.41. The number of ketones is 1. The summed E-state index contributed by atoms with van der Waals surface area (Å²) in [7, 11) is -5.67. The van der Waals surface area contributed by atoms with Crippen LogP contribution in [-0.2, 0) is 21.3 Å². The lowest BCUT2D eigenvalue weighted by molar-refractivity contribution is -0.152. The summed E-state index contributed by atoms with van der Waals surface area (Å²) in [4.78, 5) is 7.58. The van der Waals surface area contributed by atoms with Crippen molar-refractivity contribution < 1.29 is 35.1 Å². The first kappa shape index (κ1) is 17.7. The molecule has 2 atom stereocenters. The molecule has 12 heteroatoms. The van der Waals surface area contributed by atoms with Crippen molar-refractivity contribution in [3.63, 3.8) is 0 Å². The Balaban J connectivity index is 3.66. The first-order valence-electron chi connectivity index (χ1n) is 5.01. The summed E-state index contributed by atoms with van der Waals surface area (Å²) in [5, 5.41) is 4.51. The van der Waals surface area contributed by atoms with Crippen LogP contribution >= 0.6 is 0 Å². The van der Waals surface area contributed by atoms with Crippen LogP contribution in [0, 0.1) is 0 Å². The molecule has 0 heterocycles. The van der Waals surface area contributed by atoms with Gasteiger partial charge in [-0.15, -0.1) is 0 Å².